The summed E-state index contributed by atoms with van der Waals surface area (Å²) in [6.45, 7) is 2.38. The number of carbonyl (C=O) groups is 2. The van der Waals surface area contributed by atoms with Gasteiger partial charge < -0.3 is 19.8 Å². The topological polar surface area (TPSA) is 80.4 Å². The lowest BCUT2D eigenvalue weighted by atomic mass is 9.75. The second kappa shape index (κ2) is 7.64. The van der Waals surface area contributed by atoms with Gasteiger partial charge in [0, 0.05) is 48.1 Å². The molecule has 0 bridgehead atoms. The van der Waals surface area contributed by atoms with Crippen LogP contribution in [0.5, 0.6) is 0 Å². The third-order valence-corrected chi connectivity index (χ3v) is 5.43. The third-order valence-electron chi connectivity index (χ3n) is 5.43. The minimum absolute atomic E-state index is 0.0996. The van der Waals surface area contributed by atoms with Crippen molar-refractivity contribution in [1.82, 2.24) is 10.3 Å². The largest absolute Gasteiger partial charge is 0.460 e. The minimum atomic E-state index is -0.418. The molecule has 0 saturated carbocycles. The number of hydrogen-bond acceptors (Lipinski definition) is 5. The van der Waals surface area contributed by atoms with Crippen molar-refractivity contribution in [2.24, 2.45) is 0 Å². The molecule has 1 aromatic heterocycles. The van der Waals surface area contributed by atoms with E-state index < -0.39 is 11.9 Å². The van der Waals surface area contributed by atoms with Gasteiger partial charge in [0.05, 0.1) is 12.2 Å². The summed E-state index contributed by atoms with van der Waals surface area (Å²) in [6.07, 6.45) is 4.03. The number of aromatic amines is 1. The lowest BCUT2D eigenvalue weighted by molar-refractivity contribution is -0.140. The van der Waals surface area contributed by atoms with Gasteiger partial charge in [0.2, 0.25) is 0 Å². The first-order chi connectivity index (χ1) is 13.6. The molecule has 2 N–H and O–H groups in total. The number of nitrogens with one attached hydrogen (secondary N) is 2. The molecule has 6 nitrogen and oxygen atoms in total. The van der Waals surface area contributed by atoms with E-state index in [1.165, 1.54) is 0 Å². The molecule has 0 spiro atoms. The van der Waals surface area contributed by atoms with Crippen LogP contribution >= 0.6 is 0 Å². The van der Waals surface area contributed by atoms with Gasteiger partial charge in [0.1, 0.15) is 6.61 Å². The van der Waals surface area contributed by atoms with Crippen LogP contribution in [0.15, 0.2) is 53.0 Å². The van der Waals surface area contributed by atoms with Crippen LogP contribution in [-0.4, -0.2) is 37.1 Å². The second-order valence-corrected chi connectivity index (χ2v) is 7.22. The molecule has 6 heteroatoms. The van der Waals surface area contributed by atoms with Crippen LogP contribution in [0.3, 0.4) is 0 Å². The van der Waals surface area contributed by atoms with Crippen molar-refractivity contribution in [1.29, 1.82) is 0 Å². The minimum Gasteiger partial charge on any atom is -0.460 e. The van der Waals surface area contributed by atoms with Crippen molar-refractivity contribution in [3.63, 3.8) is 0 Å². The highest BCUT2D eigenvalue weighted by molar-refractivity contribution is 6.04. The number of ketones is 1. The molecule has 1 aromatic carbocycles. The van der Waals surface area contributed by atoms with Gasteiger partial charge >= 0.3 is 5.97 Å². The van der Waals surface area contributed by atoms with Gasteiger partial charge in [-0.3, -0.25) is 4.79 Å². The van der Waals surface area contributed by atoms with Gasteiger partial charge in [-0.1, -0.05) is 6.07 Å². The number of hydrogen-bond donors (Lipinski definition) is 2. The zero-order valence-corrected chi connectivity index (χ0v) is 16.1. The summed E-state index contributed by atoms with van der Waals surface area (Å²) < 4.78 is 10.4. The first kappa shape index (κ1) is 18.5. The average Bonchev–Trinajstić information content (AvgIpc) is 3.15. The molecule has 2 aliphatic rings. The van der Waals surface area contributed by atoms with Crippen LogP contribution in [0.25, 0.3) is 10.9 Å². The highest BCUT2D eigenvalue weighted by Crippen LogP contribution is 2.43. The van der Waals surface area contributed by atoms with E-state index in [4.69, 9.17) is 9.47 Å². The van der Waals surface area contributed by atoms with E-state index in [1.54, 1.807) is 7.11 Å². The lowest BCUT2D eigenvalue weighted by Crippen LogP contribution is -2.34. The third kappa shape index (κ3) is 3.24. The highest BCUT2D eigenvalue weighted by Gasteiger charge is 2.39. The molecule has 2 aromatic rings. The molecule has 0 amide bonds. The smallest absolute Gasteiger partial charge is 0.336 e. The molecule has 0 radical (unpaired) electrons. The van der Waals surface area contributed by atoms with Crippen LogP contribution in [0.1, 0.15) is 37.7 Å². The number of H-pyrrole nitrogens is 1. The molecule has 146 valence electrons. The Morgan fingerprint density at radius 1 is 1.21 bits per heavy atom. The Morgan fingerprint density at radius 2 is 2.07 bits per heavy atom. The Hall–Kier alpha value is -2.86. The number of fused-ring (bicyclic) bond motifs is 1. The van der Waals surface area contributed by atoms with E-state index in [0.717, 1.165) is 40.7 Å². The summed E-state index contributed by atoms with van der Waals surface area (Å²) in [7, 11) is 1.56. The average molecular weight is 380 g/mol. The predicted molar refractivity (Wildman–Crippen MR) is 106 cm³/mol. The fourth-order valence-corrected chi connectivity index (χ4v) is 4.13. The molecule has 4 rings (SSSR count). The maximum atomic E-state index is 12.9. The summed E-state index contributed by atoms with van der Waals surface area (Å²) in [5.41, 5.74) is 4.82. The Labute approximate surface area is 163 Å². The summed E-state index contributed by atoms with van der Waals surface area (Å²) in [5, 5.41) is 4.35. The van der Waals surface area contributed by atoms with E-state index in [-0.39, 0.29) is 12.4 Å². The predicted octanol–water partition coefficient (Wildman–Crippen LogP) is 3.33. The quantitative estimate of drug-likeness (QED) is 0.614. The van der Waals surface area contributed by atoms with Crippen molar-refractivity contribution in [2.45, 2.75) is 32.1 Å². The van der Waals surface area contributed by atoms with Gasteiger partial charge in [0.15, 0.2) is 5.78 Å². The number of dihydropyridines is 1. The zero-order valence-electron chi connectivity index (χ0n) is 16.1. The van der Waals surface area contributed by atoms with Crippen molar-refractivity contribution in [3.8, 4) is 0 Å². The molecule has 2 heterocycles. The number of Topliss-reactive ketones (excluding diaryl/α,β-unsaturated/α-hetero) is 1. The van der Waals surface area contributed by atoms with Gasteiger partial charge in [-0.25, -0.2) is 4.79 Å². The molecule has 1 atom stereocenters. The van der Waals surface area contributed by atoms with E-state index in [1.807, 2.05) is 37.4 Å². The number of methoxy groups -OCH3 is 1. The Morgan fingerprint density at radius 3 is 2.89 bits per heavy atom. The number of benzene rings is 1. The Bertz CT molecular complexity index is 999. The molecule has 0 saturated heterocycles. The number of aromatic nitrogens is 1. The summed E-state index contributed by atoms with van der Waals surface area (Å²) in [4.78, 5) is 29.0. The summed E-state index contributed by atoms with van der Waals surface area (Å²) >= 11 is 0. The zero-order chi connectivity index (χ0) is 19.7. The van der Waals surface area contributed by atoms with Gasteiger partial charge in [-0.15, -0.1) is 0 Å². The van der Waals surface area contributed by atoms with Gasteiger partial charge in [-0.05, 0) is 48.9 Å². The fourth-order valence-electron chi connectivity index (χ4n) is 4.13. The summed E-state index contributed by atoms with van der Waals surface area (Å²) in [6, 6.07) is 8.01. The van der Waals surface area contributed by atoms with E-state index in [9.17, 15) is 9.59 Å². The van der Waals surface area contributed by atoms with Crippen molar-refractivity contribution in [2.75, 3.05) is 20.3 Å². The number of ether oxygens (including phenoxy) is 2. The molecule has 1 aliphatic heterocycles. The normalized spacial score (nSPS) is 19.6. The second-order valence-electron chi connectivity index (χ2n) is 7.22. The van der Waals surface area contributed by atoms with Crippen molar-refractivity contribution in [3.05, 3.63) is 58.6 Å². The first-order valence-electron chi connectivity index (χ1n) is 9.57. The van der Waals surface area contributed by atoms with Crippen LogP contribution in [0.2, 0.25) is 0 Å². The van der Waals surface area contributed by atoms with Crippen LogP contribution in [0.4, 0.5) is 0 Å². The van der Waals surface area contributed by atoms with Crippen LogP contribution in [0, 0.1) is 0 Å². The SMILES string of the molecule is COCCOC(=O)C1=C(C)NC2=C(C(=O)CCC2)[C@H]1c1ccc2[nH]ccc2c1. The number of carbonyl (C=O) groups excluding carboxylic acids is 2. The van der Waals surface area contributed by atoms with Crippen molar-refractivity contribution < 1.29 is 19.1 Å². The number of rotatable bonds is 5. The van der Waals surface area contributed by atoms with Crippen molar-refractivity contribution >= 4 is 22.7 Å². The van der Waals surface area contributed by atoms with E-state index in [0.29, 0.717) is 24.2 Å². The van der Waals surface area contributed by atoms with Crippen LogP contribution in [-0.2, 0) is 19.1 Å². The Balaban J connectivity index is 1.80. The van der Waals surface area contributed by atoms with E-state index in [2.05, 4.69) is 10.3 Å². The maximum absolute atomic E-state index is 12.9. The molecule has 28 heavy (non-hydrogen) atoms. The standard InChI is InChI=1S/C22H24N2O4/c1-13-19(22(26)28-11-10-27-2)20(21-17(24-13)4-3-5-18(21)25)15-6-7-16-14(12-15)8-9-23-16/h6-9,12,20,23-24H,3-5,10-11H2,1-2H3/t20-/m0/s1. The first-order valence-corrected chi connectivity index (χ1v) is 9.57. The lowest BCUT2D eigenvalue weighted by Gasteiger charge is -2.34. The molecule has 1 aliphatic carbocycles. The Kier molecular flexibility index (Phi) is 5.05. The molecular formula is C22H24N2O4. The molecule has 0 fully saturated rings. The van der Waals surface area contributed by atoms with Crippen LogP contribution < -0.4 is 5.32 Å². The number of allylic oxidation sites excluding steroid dienone is 3. The van der Waals surface area contributed by atoms with Gasteiger partial charge in [-0.2, -0.15) is 0 Å². The molecular weight excluding hydrogens is 356 g/mol. The fraction of sp³-hybridized carbons (Fsp3) is 0.364. The monoisotopic (exact) mass is 380 g/mol. The number of esters is 1. The summed E-state index contributed by atoms with van der Waals surface area (Å²) in [5.74, 6) is -0.729. The highest BCUT2D eigenvalue weighted by atomic mass is 16.6. The molecule has 0 unspecified atom stereocenters. The van der Waals surface area contributed by atoms with Gasteiger partial charge in [0.25, 0.3) is 0 Å². The van der Waals surface area contributed by atoms with E-state index >= 15 is 0 Å². The maximum Gasteiger partial charge on any atom is 0.336 e.